The van der Waals surface area contributed by atoms with Crippen molar-refractivity contribution in [2.24, 2.45) is 0 Å². The maximum absolute atomic E-state index is 8.30. The highest BCUT2D eigenvalue weighted by atomic mass is 16.7. The van der Waals surface area contributed by atoms with Crippen LogP contribution in [0.3, 0.4) is 0 Å². The van der Waals surface area contributed by atoms with Gasteiger partial charge >= 0.3 is 14.6 Å². The average Bonchev–Trinajstić information content (AvgIpc) is 2.11. The number of hydrogen-bond donors (Lipinski definition) is 6. The molecular formula is C6H18B2O7. The molecule has 0 aliphatic carbocycles. The van der Waals surface area contributed by atoms with E-state index in [1.54, 1.807) is 0 Å². The van der Waals surface area contributed by atoms with Crippen molar-refractivity contribution in [3.05, 3.63) is 0 Å². The Morgan fingerprint density at radius 2 is 1.00 bits per heavy atom. The second kappa shape index (κ2) is 13.8. The summed E-state index contributed by atoms with van der Waals surface area (Å²) in [5.74, 6) is 0. The van der Waals surface area contributed by atoms with E-state index in [1.165, 1.54) is 0 Å². The summed E-state index contributed by atoms with van der Waals surface area (Å²) in [5, 5.41) is 47.6. The minimum absolute atomic E-state index is 0.283. The molecule has 0 radical (unpaired) electrons. The first-order valence-electron chi connectivity index (χ1n) is 4.64. The summed E-state index contributed by atoms with van der Waals surface area (Å²) in [6, 6.07) is 0. The largest absolute Gasteiger partial charge is 0.621 e. The van der Waals surface area contributed by atoms with Crippen LogP contribution < -0.4 is 0 Å². The zero-order chi connectivity index (χ0) is 12.1. The highest BCUT2D eigenvalue weighted by Crippen LogP contribution is 1.96. The van der Waals surface area contributed by atoms with Crippen molar-refractivity contribution in [2.75, 3.05) is 13.2 Å². The van der Waals surface area contributed by atoms with Crippen LogP contribution in [-0.2, 0) is 4.57 Å². The third-order valence-corrected chi connectivity index (χ3v) is 1.31. The Kier molecular flexibility index (Phi) is 15.9. The van der Waals surface area contributed by atoms with Gasteiger partial charge in [-0.05, 0) is 12.8 Å². The summed E-state index contributed by atoms with van der Waals surface area (Å²) < 4.78 is 3.47. The van der Waals surface area contributed by atoms with Crippen molar-refractivity contribution in [1.29, 1.82) is 0 Å². The Morgan fingerprint density at radius 3 is 1.13 bits per heavy atom. The third kappa shape index (κ3) is 24.8. The van der Waals surface area contributed by atoms with Gasteiger partial charge in [-0.15, -0.1) is 0 Å². The fraction of sp³-hybridized carbons (Fsp3) is 1.00. The van der Waals surface area contributed by atoms with Crippen LogP contribution in [-0.4, -0.2) is 58.2 Å². The van der Waals surface area contributed by atoms with Crippen LogP contribution in [0.5, 0.6) is 0 Å². The van der Waals surface area contributed by atoms with Gasteiger partial charge in [0.1, 0.15) is 0 Å². The Hall–Kier alpha value is -0.150. The SMILES string of the molecule is OB(O)OB(O)O.OCCCCCCO. The average molecular weight is 224 g/mol. The van der Waals surface area contributed by atoms with E-state index in [-0.39, 0.29) is 13.2 Å². The van der Waals surface area contributed by atoms with Crippen molar-refractivity contribution in [3.63, 3.8) is 0 Å². The summed E-state index contributed by atoms with van der Waals surface area (Å²) in [6.07, 6.45) is 3.83. The summed E-state index contributed by atoms with van der Waals surface area (Å²) >= 11 is 0. The fourth-order valence-corrected chi connectivity index (χ4v) is 0.686. The molecule has 0 saturated heterocycles. The quantitative estimate of drug-likeness (QED) is 0.207. The molecule has 0 fully saturated rings. The number of aliphatic hydroxyl groups excluding tert-OH is 2. The molecule has 0 spiro atoms. The van der Waals surface area contributed by atoms with Crippen LogP contribution in [0.2, 0.25) is 0 Å². The maximum atomic E-state index is 8.30. The molecule has 0 atom stereocenters. The van der Waals surface area contributed by atoms with Crippen LogP contribution in [0.1, 0.15) is 25.7 Å². The minimum Gasteiger partial charge on any atom is -0.402 e. The van der Waals surface area contributed by atoms with Crippen molar-refractivity contribution in [1.82, 2.24) is 0 Å². The molecule has 0 aromatic carbocycles. The molecule has 0 amide bonds. The van der Waals surface area contributed by atoms with E-state index in [9.17, 15) is 0 Å². The van der Waals surface area contributed by atoms with Crippen LogP contribution in [0.15, 0.2) is 0 Å². The summed E-state index contributed by atoms with van der Waals surface area (Å²) in [6.45, 7) is 0.566. The first-order valence-corrected chi connectivity index (χ1v) is 4.64. The molecular weight excluding hydrogens is 206 g/mol. The molecule has 0 aliphatic heterocycles. The molecule has 0 heterocycles. The van der Waals surface area contributed by atoms with Gasteiger partial charge in [0, 0.05) is 13.2 Å². The molecule has 0 aromatic rings. The molecule has 15 heavy (non-hydrogen) atoms. The second-order valence-electron chi connectivity index (χ2n) is 2.65. The van der Waals surface area contributed by atoms with E-state index in [2.05, 4.69) is 4.57 Å². The van der Waals surface area contributed by atoms with Gasteiger partial charge in [-0.3, -0.25) is 0 Å². The molecule has 0 aliphatic rings. The molecule has 0 aromatic heterocycles. The lowest BCUT2D eigenvalue weighted by Gasteiger charge is -1.95. The van der Waals surface area contributed by atoms with E-state index in [1.807, 2.05) is 0 Å². The topological polar surface area (TPSA) is 131 Å². The van der Waals surface area contributed by atoms with E-state index >= 15 is 0 Å². The van der Waals surface area contributed by atoms with Gasteiger partial charge in [-0.2, -0.15) is 0 Å². The van der Waals surface area contributed by atoms with Gasteiger partial charge < -0.3 is 34.9 Å². The highest BCUT2D eigenvalue weighted by molar-refractivity contribution is 6.48. The van der Waals surface area contributed by atoms with Crippen LogP contribution in [0.25, 0.3) is 0 Å². The zero-order valence-electron chi connectivity index (χ0n) is 8.49. The number of aliphatic hydroxyl groups is 2. The summed E-state index contributed by atoms with van der Waals surface area (Å²) in [5.41, 5.74) is 0. The lowest BCUT2D eigenvalue weighted by molar-refractivity contribution is 0.213. The molecule has 0 rings (SSSR count). The predicted octanol–water partition coefficient (Wildman–Crippen LogP) is -2.53. The van der Waals surface area contributed by atoms with Crippen LogP contribution >= 0.6 is 0 Å². The molecule has 0 unspecified atom stereocenters. The zero-order valence-corrected chi connectivity index (χ0v) is 8.49. The number of rotatable bonds is 7. The summed E-state index contributed by atoms with van der Waals surface area (Å²) in [7, 11) is -4.25. The first kappa shape index (κ1) is 17.3. The molecule has 7 nitrogen and oxygen atoms in total. The third-order valence-electron chi connectivity index (χ3n) is 1.31. The van der Waals surface area contributed by atoms with Crippen molar-refractivity contribution in [2.45, 2.75) is 25.7 Å². The van der Waals surface area contributed by atoms with Crippen molar-refractivity contribution in [3.8, 4) is 0 Å². The highest BCUT2D eigenvalue weighted by Gasteiger charge is 2.18. The predicted molar refractivity (Wildman–Crippen MR) is 54.1 cm³/mol. The maximum Gasteiger partial charge on any atom is 0.621 e. The van der Waals surface area contributed by atoms with E-state index < -0.39 is 14.6 Å². The number of hydrogen-bond acceptors (Lipinski definition) is 7. The van der Waals surface area contributed by atoms with Gasteiger partial charge in [-0.1, -0.05) is 12.8 Å². The van der Waals surface area contributed by atoms with E-state index in [0.29, 0.717) is 0 Å². The van der Waals surface area contributed by atoms with Crippen LogP contribution in [0, 0.1) is 0 Å². The van der Waals surface area contributed by atoms with E-state index in [4.69, 9.17) is 30.3 Å². The molecule has 6 N–H and O–H groups in total. The van der Waals surface area contributed by atoms with E-state index in [0.717, 1.165) is 25.7 Å². The van der Waals surface area contributed by atoms with Crippen LogP contribution in [0.4, 0.5) is 0 Å². The van der Waals surface area contributed by atoms with Crippen molar-refractivity contribution < 1.29 is 34.9 Å². The van der Waals surface area contributed by atoms with Gasteiger partial charge in [0.2, 0.25) is 0 Å². The Bertz CT molecular complexity index is 102. The summed E-state index contributed by atoms with van der Waals surface area (Å²) in [4.78, 5) is 0. The lowest BCUT2D eigenvalue weighted by atomic mass is 10.1. The Morgan fingerprint density at radius 1 is 0.667 bits per heavy atom. The molecule has 90 valence electrons. The smallest absolute Gasteiger partial charge is 0.402 e. The molecule has 0 bridgehead atoms. The minimum atomic E-state index is -2.13. The second-order valence-corrected chi connectivity index (χ2v) is 2.65. The van der Waals surface area contributed by atoms with Gasteiger partial charge in [-0.25, -0.2) is 0 Å². The van der Waals surface area contributed by atoms with Gasteiger partial charge in [0.05, 0.1) is 0 Å². The fourth-order valence-electron chi connectivity index (χ4n) is 0.686. The van der Waals surface area contributed by atoms with Gasteiger partial charge in [0.25, 0.3) is 0 Å². The normalized spacial score (nSPS) is 9.20. The number of unbranched alkanes of at least 4 members (excludes halogenated alkanes) is 3. The Labute approximate surface area is 89.3 Å². The first-order chi connectivity index (χ1) is 7.04. The monoisotopic (exact) mass is 224 g/mol. The van der Waals surface area contributed by atoms with Gasteiger partial charge in [0.15, 0.2) is 0 Å². The molecule has 9 heteroatoms. The Balaban J connectivity index is 0. The van der Waals surface area contributed by atoms with Crippen molar-refractivity contribution >= 4 is 14.6 Å². The lowest BCUT2D eigenvalue weighted by Crippen LogP contribution is -2.28. The molecule has 0 saturated carbocycles. The standard InChI is InChI=1S/C6H14O2.B2H4O5/c7-5-3-1-2-4-6-8;3-1(4)7-2(5)6/h7-8H,1-6H2;3-6H.